The Morgan fingerprint density at radius 2 is 2.44 bits per heavy atom. The molecule has 4 nitrogen and oxygen atoms in total. The van der Waals surface area contributed by atoms with Crippen molar-refractivity contribution >= 4 is 5.69 Å². The number of hydrogen-bond acceptors (Lipinski definition) is 4. The van der Waals surface area contributed by atoms with Gasteiger partial charge in [-0.1, -0.05) is 6.07 Å². The van der Waals surface area contributed by atoms with Gasteiger partial charge < -0.3 is 15.2 Å². The highest BCUT2D eigenvalue weighted by atomic mass is 16.5. The molecule has 0 saturated carbocycles. The second kappa shape index (κ2) is 4.52. The first-order valence-electron chi connectivity index (χ1n) is 5.26. The summed E-state index contributed by atoms with van der Waals surface area (Å²) in [5.41, 5.74) is 0.682. The maximum atomic E-state index is 10.0. The standard InChI is InChI=1S/C12H14N2O2/c13-7-10-2-1-3-11(6-10)14-8-12(15)4-5-16-9-12/h1-3,6,14-15H,4-5,8-9H2. The van der Waals surface area contributed by atoms with Gasteiger partial charge in [0.15, 0.2) is 0 Å². The Kier molecular flexibility index (Phi) is 3.09. The van der Waals surface area contributed by atoms with Crippen molar-refractivity contribution in [3.8, 4) is 6.07 Å². The number of benzene rings is 1. The number of nitrogens with zero attached hydrogens (tertiary/aromatic N) is 1. The zero-order valence-corrected chi connectivity index (χ0v) is 8.94. The zero-order chi connectivity index (χ0) is 11.4. The van der Waals surface area contributed by atoms with Gasteiger partial charge in [-0.2, -0.15) is 5.26 Å². The van der Waals surface area contributed by atoms with Crippen molar-refractivity contribution in [1.29, 1.82) is 5.26 Å². The number of ether oxygens (including phenoxy) is 1. The lowest BCUT2D eigenvalue weighted by molar-refractivity contribution is 0.0382. The Balaban J connectivity index is 1.96. The van der Waals surface area contributed by atoms with Crippen LogP contribution in [0.2, 0.25) is 0 Å². The molecule has 4 heteroatoms. The monoisotopic (exact) mass is 218 g/mol. The van der Waals surface area contributed by atoms with Gasteiger partial charge in [0.2, 0.25) is 0 Å². The summed E-state index contributed by atoms with van der Waals surface area (Å²) in [6, 6.07) is 9.28. The van der Waals surface area contributed by atoms with Crippen LogP contribution in [0, 0.1) is 11.3 Å². The highest BCUT2D eigenvalue weighted by Gasteiger charge is 2.31. The molecule has 1 fully saturated rings. The molecule has 0 aromatic heterocycles. The summed E-state index contributed by atoms with van der Waals surface area (Å²) in [5, 5.41) is 21.9. The third kappa shape index (κ3) is 2.51. The van der Waals surface area contributed by atoms with E-state index < -0.39 is 5.60 Å². The molecule has 84 valence electrons. The van der Waals surface area contributed by atoms with Crippen LogP contribution in [0.25, 0.3) is 0 Å². The van der Waals surface area contributed by atoms with Crippen molar-refractivity contribution in [2.45, 2.75) is 12.0 Å². The van der Waals surface area contributed by atoms with Crippen LogP contribution in [0.4, 0.5) is 5.69 Å². The summed E-state index contributed by atoms with van der Waals surface area (Å²) in [7, 11) is 0. The van der Waals surface area contributed by atoms with E-state index in [0.717, 1.165) is 5.69 Å². The molecule has 0 aliphatic carbocycles. The first kappa shape index (κ1) is 10.9. The maximum absolute atomic E-state index is 10.0. The number of nitriles is 1. The highest BCUT2D eigenvalue weighted by molar-refractivity contribution is 5.49. The molecule has 1 aromatic rings. The molecule has 0 amide bonds. The van der Waals surface area contributed by atoms with Gasteiger partial charge in [0.25, 0.3) is 0 Å². The van der Waals surface area contributed by atoms with Crippen LogP contribution in [0.15, 0.2) is 24.3 Å². The normalized spacial score (nSPS) is 24.0. The van der Waals surface area contributed by atoms with Gasteiger partial charge in [0.05, 0.1) is 18.2 Å². The van der Waals surface area contributed by atoms with E-state index in [4.69, 9.17) is 10.00 Å². The summed E-state index contributed by atoms with van der Waals surface area (Å²) in [6.45, 7) is 1.43. The third-order valence-electron chi connectivity index (χ3n) is 2.70. The zero-order valence-electron chi connectivity index (χ0n) is 8.94. The van der Waals surface area contributed by atoms with Crippen LogP contribution in [-0.4, -0.2) is 30.5 Å². The summed E-state index contributed by atoms with van der Waals surface area (Å²) in [6.07, 6.45) is 0.651. The van der Waals surface area contributed by atoms with Crippen molar-refractivity contribution in [1.82, 2.24) is 0 Å². The molecule has 0 bridgehead atoms. The molecule has 1 aliphatic rings. The van der Waals surface area contributed by atoms with Gasteiger partial charge in [-0.05, 0) is 18.2 Å². The number of nitrogens with one attached hydrogen (secondary N) is 1. The molecule has 2 rings (SSSR count). The molecule has 1 saturated heterocycles. The predicted octanol–water partition coefficient (Wildman–Crippen LogP) is 1.12. The van der Waals surface area contributed by atoms with E-state index in [1.54, 1.807) is 12.1 Å². The number of hydrogen-bond donors (Lipinski definition) is 2. The fourth-order valence-electron chi connectivity index (χ4n) is 1.70. The van der Waals surface area contributed by atoms with E-state index in [1.807, 2.05) is 12.1 Å². The van der Waals surface area contributed by atoms with Crippen LogP contribution in [0.5, 0.6) is 0 Å². The van der Waals surface area contributed by atoms with E-state index >= 15 is 0 Å². The Bertz CT molecular complexity index is 406. The largest absolute Gasteiger partial charge is 0.386 e. The molecule has 1 unspecified atom stereocenters. The molecule has 1 aromatic carbocycles. The van der Waals surface area contributed by atoms with E-state index in [9.17, 15) is 5.11 Å². The maximum Gasteiger partial charge on any atom is 0.107 e. The predicted molar refractivity (Wildman–Crippen MR) is 60.0 cm³/mol. The summed E-state index contributed by atoms with van der Waals surface area (Å²) in [4.78, 5) is 0. The van der Waals surface area contributed by atoms with Crippen LogP contribution < -0.4 is 5.32 Å². The lowest BCUT2D eigenvalue weighted by Gasteiger charge is -2.21. The number of aliphatic hydroxyl groups is 1. The second-order valence-corrected chi connectivity index (χ2v) is 4.07. The quantitative estimate of drug-likeness (QED) is 0.798. The topological polar surface area (TPSA) is 65.3 Å². The molecule has 1 aliphatic heterocycles. The molecule has 16 heavy (non-hydrogen) atoms. The van der Waals surface area contributed by atoms with Gasteiger partial charge in [-0.15, -0.1) is 0 Å². The van der Waals surface area contributed by atoms with E-state index in [2.05, 4.69) is 11.4 Å². The Morgan fingerprint density at radius 1 is 1.56 bits per heavy atom. The molecule has 0 spiro atoms. The smallest absolute Gasteiger partial charge is 0.107 e. The highest BCUT2D eigenvalue weighted by Crippen LogP contribution is 2.19. The van der Waals surface area contributed by atoms with Crippen molar-refractivity contribution in [2.75, 3.05) is 25.1 Å². The Labute approximate surface area is 94.5 Å². The average Bonchev–Trinajstić information content (AvgIpc) is 2.75. The Hall–Kier alpha value is -1.57. The Morgan fingerprint density at radius 3 is 3.12 bits per heavy atom. The lowest BCUT2D eigenvalue weighted by Crippen LogP contribution is -2.37. The fraction of sp³-hybridized carbons (Fsp3) is 0.417. The lowest BCUT2D eigenvalue weighted by atomic mass is 10.0. The van der Waals surface area contributed by atoms with Crippen molar-refractivity contribution in [3.05, 3.63) is 29.8 Å². The molecular weight excluding hydrogens is 204 g/mol. The fourth-order valence-corrected chi connectivity index (χ4v) is 1.70. The number of anilines is 1. The van der Waals surface area contributed by atoms with Gasteiger partial charge in [0, 0.05) is 25.3 Å². The summed E-state index contributed by atoms with van der Waals surface area (Å²) >= 11 is 0. The van der Waals surface area contributed by atoms with Gasteiger partial charge in [-0.3, -0.25) is 0 Å². The first-order chi connectivity index (χ1) is 7.72. The van der Waals surface area contributed by atoms with Crippen LogP contribution >= 0.6 is 0 Å². The third-order valence-corrected chi connectivity index (χ3v) is 2.70. The van der Waals surface area contributed by atoms with Crippen LogP contribution in [0.3, 0.4) is 0 Å². The summed E-state index contributed by atoms with van der Waals surface area (Å²) in [5.74, 6) is 0. The minimum absolute atomic E-state index is 0.373. The second-order valence-electron chi connectivity index (χ2n) is 4.07. The minimum atomic E-state index is -0.775. The summed E-state index contributed by atoms with van der Waals surface area (Å²) < 4.78 is 5.15. The molecule has 2 N–H and O–H groups in total. The van der Waals surface area contributed by atoms with Crippen LogP contribution in [0.1, 0.15) is 12.0 Å². The van der Waals surface area contributed by atoms with E-state index in [1.165, 1.54) is 0 Å². The first-order valence-corrected chi connectivity index (χ1v) is 5.26. The molecule has 0 radical (unpaired) electrons. The SMILES string of the molecule is N#Cc1cccc(NCC2(O)CCOC2)c1. The minimum Gasteiger partial charge on any atom is -0.386 e. The molecule has 1 atom stereocenters. The molecule has 1 heterocycles. The van der Waals surface area contributed by atoms with Gasteiger partial charge in [-0.25, -0.2) is 0 Å². The van der Waals surface area contributed by atoms with Crippen molar-refractivity contribution in [2.24, 2.45) is 0 Å². The number of rotatable bonds is 3. The van der Waals surface area contributed by atoms with Crippen LogP contribution in [-0.2, 0) is 4.74 Å². The van der Waals surface area contributed by atoms with E-state index in [0.29, 0.717) is 31.7 Å². The van der Waals surface area contributed by atoms with Crippen molar-refractivity contribution in [3.63, 3.8) is 0 Å². The van der Waals surface area contributed by atoms with Crippen molar-refractivity contribution < 1.29 is 9.84 Å². The van der Waals surface area contributed by atoms with E-state index in [-0.39, 0.29) is 0 Å². The van der Waals surface area contributed by atoms with Gasteiger partial charge >= 0.3 is 0 Å². The van der Waals surface area contributed by atoms with Gasteiger partial charge in [0.1, 0.15) is 5.60 Å². The molecular formula is C12H14N2O2. The average molecular weight is 218 g/mol.